The maximum Gasteiger partial charge on any atom is 0.230 e. The van der Waals surface area contributed by atoms with Gasteiger partial charge in [0.25, 0.3) is 0 Å². The Bertz CT molecular complexity index is 1800. The summed E-state index contributed by atoms with van der Waals surface area (Å²) in [4.78, 5) is 9.56. The van der Waals surface area contributed by atoms with Gasteiger partial charge in [0.05, 0.1) is 33.4 Å². The van der Waals surface area contributed by atoms with Gasteiger partial charge >= 0.3 is 0 Å². The molecule has 0 unspecified atom stereocenters. The molecule has 180 valence electrons. The molecule has 0 saturated carbocycles. The van der Waals surface area contributed by atoms with Crippen molar-refractivity contribution < 1.29 is 4.74 Å². The van der Waals surface area contributed by atoms with Gasteiger partial charge in [-0.05, 0) is 42.8 Å². The number of halogens is 2. The topological polar surface area (TPSA) is 70.1 Å². The number of benzene rings is 3. The molecule has 0 fully saturated rings. The minimum Gasteiger partial charge on any atom is -0.420 e. The minimum atomic E-state index is -0.216. The maximum absolute atomic E-state index is 6.48. The lowest BCUT2D eigenvalue weighted by atomic mass is 9.84. The van der Waals surface area contributed by atoms with Gasteiger partial charge in [0.15, 0.2) is 11.5 Å². The first-order valence-corrected chi connectivity index (χ1v) is 12.4. The summed E-state index contributed by atoms with van der Waals surface area (Å²) in [7, 11) is 0. The van der Waals surface area contributed by atoms with Gasteiger partial charge in [-0.2, -0.15) is 5.10 Å². The summed E-state index contributed by atoms with van der Waals surface area (Å²) in [5, 5.41) is 10.6. The summed E-state index contributed by atoms with van der Waals surface area (Å²) in [5.74, 6) is 1.37. The summed E-state index contributed by atoms with van der Waals surface area (Å²) in [5.41, 5.74) is 5.95. The summed E-state index contributed by atoms with van der Waals surface area (Å²) >= 11 is 12.6. The number of aromatic nitrogens is 6. The monoisotopic (exact) mass is 524 g/mol. The first kappa shape index (κ1) is 22.0. The largest absolute Gasteiger partial charge is 0.420 e. The zero-order valence-corrected chi connectivity index (χ0v) is 21.0. The quantitative estimate of drug-likeness (QED) is 0.252. The van der Waals surface area contributed by atoms with Crippen molar-refractivity contribution in [1.82, 2.24) is 29.4 Å². The van der Waals surface area contributed by atoms with Crippen LogP contribution in [0.15, 0.2) is 85.2 Å². The number of aryl methyl sites for hydroxylation is 1. The molecule has 0 saturated heterocycles. The number of hydrogen-bond acceptors (Lipinski definition) is 5. The SMILES string of the molecule is Cc1nn(-c2ccccc2)c2c1[C@H](c1ccccc1)c1c(ncn3nc(-c4ccc(Cl)cc4Cl)nc13)O2. The van der Waals surface area contributed by atoms with E-state index in [2.05, 4.69) is 22.2 Å². The molecule has 0 spiro atoms. The van der Waals surface area contributed by atoms with Crippen molar-refractivity contribution >= 4 is 28.8 Å². The lowest BCUT2D eigenvalue weighted by Crippen LogP contribution is -2.16. The Morgan fingerprint density at radius 3 is 2.38 bits per heavy atom. The third-order valence-electron chi connectivity index (χ3n) is 6.53. The van der Waals surface area contributed by atoms with Crippen molar-refractivity contribution in [3.8, 4) is 28.8 Å². The highest BCUT2D eigenvalue weighted by Gasteiger charge is 2.38. The molecule has 0 aliphatic carbocycles. The molecular weight excluding hydrogens is 507 g/mol. The molecule has 3 aromatic carbocycles. The average Bonchev–Trinajstić information content (AvgIpc) is 3.49. The predicted octanol–water partition coefficient (Wildman–Crippen LogP) is 6.88. The molecule has 0 radical (unpaired) electrons. The number of para-hydroxylation sites is 1. The molecule has 0 bridgehead atoms. The van der Waals surface area contributed by atoms with E-state index < -0.39 is 0 Å². The second kappa shape index (κ2) is 8.44. The molecule has 6 aromatic rings. The molecule has 7 rings (SSSR count). The second-order valence-corrected chi connectivity index (χ2v) is 9.63. The Kier molecular flexibility index (Phi) is 5.02. The summed E-state index contributed by atoms with van der Waals surface area (Å²) in [6.07, 6.45) is 1.61. The highest BCUT2D eigenvalue weighted by molar-refractivity contribution is 6.36. The lowest BCUT2D eigenvalue weighted by molar-refractivity contribution is 0.402. The van der Waals surface area contributed by atoms with Gasteiger partial charge in [-0.1, -0.05) is 71.7 Å². The standard InChI is InChI=1S/C28H18Cl2N6O/c1-16-22-23(17-8-4-2-5-9-17)24-26-32-25(20-13-12-18(29)14-21(20)30)34-35(26)15-31-27(24)37-28(22)36(33-16)19-10-6-3-7-11-19/h2-15,23H,1H3/t23-/m0/s1. The van der Waals surface area contributed by atoms with E-state index in [4.69, 9.17) is 38.0 Å². The molecule has 9 heteroatoms. The first-order valence-electron chi connectivity index (χ1n) is 11.7. The van der Waals surface area contributed by atoms with E-state index in [-0.39, 0.29) is 5.92 Å². The van der Waals surface area contributed by atoms with Crippen molar-refractivity contribution in [2.24, 2.45) is 0 Å². The molecule has 4 heterocycles. The highest BCUT2D eigenvalue weighted by Crippen LogP contribution is 2.49. The molecule has 37 heavy (non-hydrogen) atoms. The van der Waals surface area contributed by atoms with E-state index in [0.717, 1.165) is 28.1 Å². The average molecular weight is 525 g/mol. The van der Waals surface area contributed by atoms with E-state index in [1.165, 1.54) is 0 Å². The van der Waals surface area contributed by atoms with Crippen LogP contribution in [0.4, 0.5) is 0 Å². The fraction of sp³-hybridized carbons (Fsp3) is 0.0714. The second-order valence-electron chi connectivity index (χ2n) is 8.79. The van der Waals surface area contributed by atoms with E-state index in [1.807, 2.05) is 66.2 Å². The van der Waals surface area contributed by atoms with Crippen LogP contribution in [0.2, 0.25) is 10.0 Å². The van der Waals surface area contributed by atoms with Crippen LogP contribution >= 0.6 is 23.2 Å². The van der Waals surface area contributed by atoms with E-state index in [9.17, 15) is 0 Å². The molecular formula is C28H18Cl2N6O. The van der Waals surface area contributed by atoms with Crippen LogP contribution in [0.5, 0.6) is 11.8 Å². The van der Waals surface area contributed by atoms with Gasteiger partial charge in [-0.3, -0.25) is 0 Å². The normalized spacial score (nSPS) is 14.3. The number of nitrogens with zero attached hydrogens (tertiary/aromatic N) is 6. The molecule has 1 aliphatic rings. The Morgan fingerprint density at radius 2 is 1.62 bits per heavy atom. The van der Waals surface area contributed by atoms with Crippen molar-refractivity contribution in [3.63, 3.8) is 0 Å². The van der Waals surface area contributed by atoms with E-state index >= 15 is 0 Å². The molecule has 1 atom stereocenters. The zero-order chi connectivity index (χ0) is 25.1. The van der Waals surface area contributed by atoms with Gasteiger partial charge in [-0.15, -0.1) is 5.10 Å². The Balaban J connectivity index is 1.49. The fourth-order valence-electron chi connectivity index (χ4n) is 4.89. The van der Waals surface area contributed by atoms with Crippen molar-refractivity contribution in [3.05, 3.63) is 118 Å². The maximum atomic E-state index is 6.48. The Labute approximate surface area is 221 Å². The van der Waals surface area contributed by atoms with Crippen LogP contribution in [-0.2, 0) is 0 Å². The predicted molar refractivity (Wildman–Crippen MR) is 142 cm³/mol. The van der Waals surface area contributed by atoms with Gasteiger partial charge in [0.1, 0.15) is 6.33 Å². The highest BCUT2D eigenvalue weighted by atomic mass is 35.5. The number of rotatable bonds is 3. The third kappa shape index (κ3) is 3.50. The molecule has 0 N–H and O–H groups in total. The molecule has 1 aliphatic heterocycles. The molecule has 0 amide bonds. The van der Waals surface area contributed by atoms with Crippen LogP contribution in [0.3, 0.4) is 0 Å². The third-order valence-corrected chi connectivity index (χ3v) is 7.07. The number of ether oxygens (including phenoxy) is 1. The van der Waals surface area contributed by atoms with Gasteiger partial charge in [-0.25, -0.2) is 19.2 Å². The van der Waals surface area contributed by atoms with Crippen molar-refractivity contribution in [1.29, 1.82) is 0 Å². The zero-order valence-electron chi connectivity index (χ0n) is 19.5. The number of hydrogen-bond donors (Lipinski definition) is 0. The van der Waals surface area contributed by atoms with Gasteiger partial charge in [0, 0.05) is 10.6 Å². The van der Waals surface area contributed by atoms with Crippen LogP contribution in [-0.4, -0.2) is 29.4 Å². The van der Waals surface area contributed by atoms with E-state index in [0.29, 0.717) is 38.8 Å². The van der Waals surface area contributed by atoms with Crippen LogP contribution in [0, 0.1) is 6.92 Å². The number of fused-ring (bicyclic) bond motifs is 4. The first-order chi connectivity index (χ1) is 18.1. The molecule has 7 nitrogen and oxygen atoms in total. The summed E-state index contributed by atoms with van der Waals surface area (Å²) < 4.78 is 9.96. The fourth-order valence-corrected chi connectivity index (χ4v) is 5.38. The Hall–Kier alpha value is -4.20. The van der Waals surface area contributed by atoms with Crippen molar-refractivity contribution in [2.75, 3.05) is 0 Å². The van der Waals surface area contributed by atoms with Crippen LogP contribution in [0.25, 0.3) is 22.7 Å². The molecule has 3 aromatic heterocycles. The summed E-state index contributed by atoms with van der Waals surface area (Å²) in [6.45, 7) is 2.00. The Morgan fingerprint density at radius 1 is 0.865 bits per heavy atom. The van der Waals surface area contributed by atoms with Gasteiger partial charge in [0.2, 0.25) is 11.8 Å². The van der Waals surface area contributed by atoms with Crippen LogP contribution < -0.4 is 4.74 Å². The minimum absolute atomic E-state index is 0.216. The lowest BCUT2D eigenvalue weighted by Gasteiger charge is -2.26. The van der Waals surface area contributed by atoms with Crippen LogP contribution in [0.1, 0.15) is 28.3 Å². The van der Waals surface area contributed by atoms with Gasteiger partial charge < -0.3 is 4.74 Å². The smallest absolute Gasteiger partial charge is 0.230 e. The van der Waals surface area contributed by atoms with Crippen molar-refractivity contribution in [2.45, 2.75) is 12.8 Å². The van der Waals surface area contributed by atoms with E-state index in [1.54, 1.807) is 23.0 Å². The summed E-state index contributed by atoms with van der Waals surface area (Å²) in [6, 6.07) is 25.4.